The van der Waals surface area contributed by atoms with E-state index >= 15 is 0 Å². The van der Waals surface area contributed by atoms with Crippen LogP contribution in [0.15, 0.2) is 0 Å². The van der Waals surface area contributed by atoms with Crippen LogP contribution in [0.5, 0.6) is 0 Å². The summed E-state index contributed by atoms with van der Waals surface area (Å²) in [7, 11) is 0. The normalized spacial score (nSPS) is 10.4. The van der Waals surface area contributed by atoms with Crippen LogP contribution in [0.4, 0.5) is 0 Å². The van der Waals surface area contributed by atoms with Crippen molar-refractivity contribution in [2.75, 3.05) is 0 Å². The van der Waals surface area contributed by atoms with Crippen molar-refractivity contribution in [3.8, 4) is 0 Å². The maximum absolute atomic E-state index is 2.28. The van der Waals surface area contributed by atoms with E-state index in [4.69, 9.17) is 0 Å². The van der Waals surface area contributed by atoms with Crippen molar-refractivity contribution in [2.24, 2.45) is 0 Å². The first kappa shape index (κ1) is 11.6. The van der Waals surface area contributed by atoms with Gasteiger partial charge in [-0.2, -0.15) is 0 Å². The van der Waals surface area contributed by atoms with Gasteiger partial charge in [0.2, 0.25) is 0 Å². The van der Waals surface area contributed by atoms with E-state index in [1.165, 1.54) is 56.6 Å². The average molecular weight is 218 g/mol. The third kappa shape index (κ3) is 10.6. The molecule has 0 saturated heterocycles. The summed E-state index contributed by atoms with van der Waals surface area (Å²) in [5.41, 5.74) is 0. The molecular weight excluding hydrogens is 195 g/mol. The zero-order chi connectivity index (χ0) is 8.36. The molecule has 68 valence electrons. The standard InChI is InChI=1S/C10H23As/c1-2-3-4-5-6-7-8-9-10-11/h2-11H2,1H3. The molecule has 0 aliphatic heterocycles. The van der Waals surface area contributed by atoms with Crippen molar-refractivity contribution < 1.29 is 0 Å². The molecule has 0 spiro atoms. The summed E-state index contributed by atoms with van der Waals surface area (Å²) >= 11 is 1.89. The van der Waals surface area contributed by atoms with Gasteiger partial charge in [-0.1, -0.05) is 0 Å². The van der Waals surface area contributed by atoms with E-state index in [1.54, 1.807) is 0 Å². The van der Waals surface area contributed by atoms with Gasteiger partial charge in [-0.25, -0.2) is 0 Å². The van der Waals surface area contributed by atoms with E-state index in [0.717, 1.165) is 0 Å². The molecule has 0 aromatic carbocycles. The van der Waals surface area contributed by atoms with Crippen LogP contribution in [0.25, 0.3) is 0 Å². The van der Waals surface area contributed by atoms with Crippen LogP contribution in [0.1, 0.15) is 58.3 Å². The number of hydrogen-bond donors (Lipinski definition) is 0. The van der Waals surface area contributed by atoms with Crippen LogP contribution in [0.3, 0.4) is 0 Å². The van der Waals surface area contributed by atoms with E-state index in [1.807, 2.05) is 16.9 Å². The molecule has 0 aromatic rings. The molecular formula is C10H23As. The Morgan fingerprint density at radius 3 is 1.64 bits per heavy atom. The van der Waals surface area contributed by atoms with Gasteiger partial charge in [-0.3, -0.25) is 0 Å². The Kier molecular flexibility index (Phi) is 11.1. The minimum absolute atomic E-state index is 1.37. The fourth-order valence-electron chi connectivity index (χ4n) is 1.28. The zero-order valence-electron chi connectivity index (χ0n) is 7.94. The summed E-state index contributed by atoms with van der Waals surface area (Å²) in [6.07, 6.45) is 11.7. The summed E-state index contributed by atoms with van der Waals surface area (Å²) in [6, 6.07) is 0. The van der Waals surface area contributed by atoms with Gasteiger partial charge in [-0.05, 0) is 0 Å². The first-order valence-corrected chi connectivity index (χ1v) is 6.83. The van der Waals surface area contributed by atoms with Gasteiger partial charge in [-0.15, -0.1) is 0 Å². The van der Waals surface area contributed by atoms with E-state index in [0.29, 0.717) is 0 Å². The monoisotopic (exact) mass is 218 g/mol. The first-order valence-electron chi connectivity index (χ1n) is 5.12. The molecule has 1 heteroatoms. The SMILES string of the molecule is CCCCCCCCCC[AsH2]. The Labute approximate surface area is 80.6 Å². The van der Waals surface area contributed by atoms with Gasteiger partial charge in [0.05, 0.1) is 0 Å². The van der Waals surface area contributed by atoms with Crippen LogP contribution < -0.4 is 0 Å². The van der Waals surface area contributed by atoms with Gasteiger partial charge in [0, 0.05) is 0 Å². The molecule has 1 atom stereocenters. The molecule has 11 heavy (non-hydrogen) atoms. The van der Waals surface area contributed by atoms with Gasteiger partial charge >= 0.3 is 80.4 Å². The molecule has 1 unspecified atom stereocenters. The molecule has 0 nitrogen and oxygen atoms in total. The predicted molar refractivity (Wildman–Crippen MR) is 56.0 cm³/mol. The molecule has 0 aliphatic carbocycles. The average Bonchev–Trinajstić information content (AvgIpc) is 2.03. The first-order chi connectivity index (χ1) is 5.41. The third-order valence-corrected chi connectivity index (χ3v) is 2.91. The summed E-state index contributed by atoms with van der Waals surface area (Å²) in [5.74, 6) is 0. The van der Waals surface area contributed by atoms with E-state index in [-0.39, 0.29) is 0 Å². The Morgan fingerprint density at radius 2 is 1.18 bits per heavy atom. The van der Waals surface area contributed by atoms with Crippen LogP contribution in [0, 0.1) is 0 Å². The fraction of sp³-hybridized carbons (Fsp3) is 1.00. The second kappa shape index (κ2) is 10.6. The van der Waals surface area contributed by atoms with E-state index in [2.05, 4.69) is 6.92 Å². The molecule has 0 fully saturated rings. The summed E-state index contributed by atoms with van der Waals surface area (Å²) < 4.78 is 0. The molecule has 0 radical (unpaired) electrons. The van der Waals surface area contributed by atoms with Gasteiger partial charge in [0.25, 0.3) is 0 Å². The molecule has 0 bridgehead atoms. The van der Waals surface area contributed by atoms with Crippen molar-refractivity contribution in [1.82, 2.24) is 0 Å². The van der Waals surface area contributed by atoms with Gasteiger partial charge < -0.3 is 0 Å². The summed E-state index contributed by atoms with van der Waals surface area (Å²) in [4.78, 5) is 0. The molecule has 0 heterocycles. The minimum atomic E-state index is 1.37. The fourth-order valence-corrected chi connectivity index (χ4v) is 1.88. The molecule has 0 saturated carbocycles. The second-order valence-corrected chi connectivity index (χ2v) is 4.47. The van der Waals surface area contributed by atoms with E-state index in [9.17, 15) is 0 Å². The van der Waals surface area contributed by atoms with Crippen molar-refractivity contribution in [2.45, 2.75) is 63.5 Å². The van der Waals surface area contributed by atoms with Crippen molar-refractivity contribution >= 4 is 16.9 Å². The quantitative estimate of drug-likeness (QED) is 0.433. The Bertz CT molecular complexity index is 53.9. The molecule has 0 amide bonds. The van der Waals surface area contributed by atoms with Crippen molar-refractivity contribution in [3.63, 3.8) is 0 Å². The Balaban J connectivity index is 2.69. The maximum atomic E-state index is 2.28. The Hall–Kier alpha value is 0.558. The molecule has 0 N–H and O–H groups in total. The van der Waals surface area contributed by atoms with Crippen LogP contribution in [0.2, 0.25) is 5.21 Å². The van der Waals surface area contributed by atoms with Crippen LogP contribution in [-0.2, 0) is 0 Å². The van der Waals surface area contributed by atoms with Gasteiger partial charge in [0.1, 0.15) is 0 Å². The van der Waals surface area contributed by atoms with E-state index < -0.39 is 0 Å². The predicted octanol–water partition coefficient (Wildman–Crippen LogP) is 3.18. The van der Waals surface area contributed by atoms with Gasteiger partial charge in [0.15, 0.2) is 0 Å². The summed E-state index contributed by atoms with van der Waals surface area (Å²) in [6.45, 7) is 2.28. The third-order valence-electron chi connectivity index (χ3n) is 2.06. The Morgan fingerprint density at radius 1 is 0.727 bits per heavy atom. The number of unbranched alkanes of at least 4 members (excludes halogenated alkanes) is 7. The van der Waals surface area contributed by atoms with Crippen molar-refractivity contribution in [1.29, 1.82) is 0 Å². The summed E-state index contributed by atoms with van der Waals surface area (Å²) in [5, 5.41) is 1.43. The molecule has 0 rings (SSSR count). The van der Waals surface area contributed by atoms with Crippen LogP contribution >= 0.6 is 0 Å². The number of hydrogen-bond acceptors (Lipinski definition) is 0. The van der Waals surface area contributed by atoms with Crippen molar-refractivity contribution in [3.05, 3.63) is 0 Å². The second-order valence-electron chi connectivity index (χ2n) is 3.26. The molecule has 0 aromatic heterocycles. The molecule has 0 aliphatic rings. The number of rotatable bonds is 8. The van der Waals surface area contributed by atoms with Crippen LogP contribution in [-0.4, -0.2) is 16.9 Å². The topological polar surface area (TPSA) is 0 Å². The zero-order valence-corrected chi connectivity index (χ0v) is 10.4.